The zero-order valence-electron chi connectivity index (χ0n) is 9.98. The van der Waals surface area contributed by atoms with E-state index in [4.69, 9.17) is 14.9 Å². The van der Waals surface area contributed by atoms with Crippen LogP contribution in [0.25, 0.3) is 0 Å². The molecule has 0 saturated carbocycles. The maximum Gasteiger partial charge on any atom is 0.146 e. The summed E-state index contributed by atoms with van der Waals surface area (Å²) in [5.74, 6) is 1.65. The molecule has 3 nitrogen and oxygen atoms in total. The van der Waals surface area contributed by atoms with Crippen molar-refractivity contribution in [3.63, 3.8) is 0 Å². The topological polar surface area (TPSA) is 48.4 Å². The summed E-state index contributed by atoms with van der Waals surface area (Å²) in [5.41, 5.74) is 7.80. The van der Waals surface area contributed by atoms with Crippen LogP contribution in [0.3, 0.4) is 0 Å². The molecule has 2 aromatic rings. The zero-order chi connectivity index (χ0) is 12.1. The van der Waals surface area contributed by atoms with Crippen LogP contribution < -0.4 is 10.5 Å². The van der Waals surface area contributed by atoms with Crippen molar-refractivity contribution in [2.45, 2.75) is 26.5 Å². The second kappa shape index (κ2) is 5.55. The van der Waals surface area contributed by atoms with E-state index in [2.05, 4.69) is 19.1 Å². The molecule has 0 aliphatic carbocycles. The molecule has 0 atom stereocenters. The molecule has 17 heavy (non-hydrogen) atoms. The summed E-state index contributed by atoms with van der Waals surface area (Å²) in [5, 5.41) is 0. The Labute approximate surface area is 101 Å². The first-order valence-electron chi connectivity index (χ1n) is 5.80. The monoisotopic (exact) mass is 231 g/mol. The van der Waals surface area contributed by atoms with E-state index in [0.29, 0.717) is 13.2 Å². The maximum atomic E-state index is 5.61. The summed E-state index contributed by atoms with van der Waals surface area (Å²) in [6.45, 7) is 3.06. The molecule has 0 spiro atoms. The van der Waals surface area contributed by atoms with Crippen LogP contribution in [0.15, 0.2) is 41.0 Å². The Kier molecular flexibility index (Phi) is 3.83. The fourth-order valence-electron chi connectivity index (χ4n) is 1.58. The molecule has 0 unspecified atom stereocenters. The second-order valence-electron chi connectivity index (χ2n) is 3.91. The highest BCUT2D eigenvalue weighted by atomic mass is 16.5. The van der Waals surface area contributed by atoms with Gasteiger partial charge in [0.25, 0.3) is 0 Å². The molecule has 90 valence electrons. The highest BCUT2D eigenvalue weighted by molar-refractivity contribution is 5.27. The van der Waals surface area contributed by atoms with E-state index in [1.807, 2.05) is 18.2 Å². The van der Waals surface area contributed by atoms with E-state index in [-0.39, 0.29) is 0 Å². The molecule has 0 bridgehead atoms. The van der Waals surface area contributed by atoms with Crippen LogP contribution in [0.5, 0.6) is 5.75 Å². The van der Waals surface area contributed by atoms with Gasteiger partial charge in [-0.25, -0.2) is 0 Å². The minimum absolute atomic E-state index is 0.436. The van der Waals surface area contributed by atoms with Gasteiger partial charge >= 0.3 is 0 Å². The van der Waals surface area contributed by atoms with Gasteiger partial charge in [-0.15, -0.1) is 0 Å². The number of hydrogen-bond acceptors (Lipinski definition) is 3. The van der Waals surface area contributed by atoms with Gasteiger partial charge in [0, 0.05) is 12.1 Å². The highest BCUT2D eigenvalue weighted by Gasteiger charge is 2.01. The zero-order valence-corrected chi connectivity index (χ0v) is 9.98. The van der Waals surface area contributed by atoms with Crippen molar-refractivity contribution in [3.05, 3.63) is 53.5 Å². The van der Waals surface area contributed by atoms with Crippen molar-refractivity contribution in [1.82, 2.24) is 0 Å². The standard InChI is InChI=1S/C14H17NO2/c1-2-11-3-5-13(6-4-11)17-10-14-7-12(8-15)9-16-14/h3-7,9H,2,8,10,15H2,1H3. The number of aryl methyl sites for hydroxylation is 1. The lowest BCUT2D eigenvalue weighted by Gasteiger charge is -2.04. The third kappa shape index (κ3) is 3.11. The number of hydrogen-bond donors (Lipinski definition) is 1. The molecule has 0 aliphatic rings. The third-order valence-electron chi connectivity index (χ3n) is 2.66. The van der Waals surface area contributed by atoms with Crippen molar-refractivity contribution >= 4 is 0 Å². The minimum atomic E-state index is 0.436. The quantitative estimate of drug-likeness (QED) is 0.860. The van der Waals surface area contributed by atoms with Crippen LogP contribution in [-0.4, -0.2) is 0 Å². The van der Waals surface area contributed by atoms with Gasteiger partial charge in [-0.3, -0.25) is 0 Å². The van der Waals surface area contributed by atoms with E-state index >= 15 is 0 Å². The fourth-order valence-corrected chi connectivity index (χ4v) is 1.58. The van der Waals surface area contributed by atoms with Crippen molar-refractivity contribution in [3.8, 4) is 5.75 Å². The second-order valence-corrected chi connectivity index (χ2v) is 3.91. The van der Waals surface area contributed by atoms with Crippen molar-refractivity contribution < 1.29 is 9.15 Å². The smallest absolute Gasteiger partial charge is 0.146 e. The molecule has 1 aromatic heterocycles. The van der Waals surface area contributed by atoms with Crippen LogP contribution >= 0.6 is 0 Å². The normalized spacial score (nSPS) is 10.5. The van der Waals surface area contributed by atoms with Crippen LogP contribution in [-0.2, 0) is 19.6 Å². The summed E-state index contributed by atoms with van der Waals surface area (Å²) in [6, 6.07) is 10.0. The van der Waals surface area contributed by atoms with E-state index in [1.165, 1.54) is 5.56 Å². The number of rotatable bonds is 5. The Hall–Kier alpha value is -1.74. The molecule has 0 aliphatic heterocycles. The molecule has 0 amide bonds. The Morgan fingerprint density at radius 2 is 1.94 bits per heavy atom. The lowest BCUT2D eigenvalue weighted by Crippen LogP contribution is -1.95. The summed E-state index contributed by atoms with van der Waals surface area (Å²) in [6.07, 6.45) is 2.71. The Morgan fingerprint density at radius 1 is 1.18 bits per heavy atom. The summed E-state index contributed by atoms with van der Waals surface area (Å²) >= 11 is 0. The van der Waals surface area contributed by atoms with Gasteiger partial charge in [0.05, 0.1) is 6.26 Å². The van der Waals surface area contributed by atoms with Gasteiger partial charge in [0.2, 0.25) is 0 Å². The molecule has 0 saturated heterocycles. The van der Waals surface area contributed by atoms with Crippen LogP contribution in [0.1, 0.15) is 23.8 Å². The lowest BCUT2D eigenvalue weighted by molar-refractivity contribution is 0.270. The van der Waals surface area contributed by atoms with E-state index in [0.717, 1.165) is 23.5 Å². The van der Waals surface area contributed by atoms with E-state index in [9.17, 15) is 0 Å². The SMILES string of the molecule is CCc1ccc(OCc2cc(CN)co2)cc1. The first-order valence-corrected chi connectivity index (χ1v) is 5.80. The Morgan fingerprint density at radius 3 is 2.53 bits per heavy atom. The van der Waals surface area contributed by atoms with Crippen LogP contribution in [0, 0.1) is 0 Å². The molecule has 1 aromatic carbocycles. The predicted molar refractivity (Wildman–Crippen MR) is 66.8 cm³/mol. The highest BCUT2D eigenvalue weighted by Crippen LogP contribution is 2.15. The van der Waals surface area contributed by atoms with Crippen molar-refractivity contribution in [2.24, 2.45) is 5.73 Å². The average Bonchev–Trinajstić information content (AvgIpc) is 2.85. The Balaban J connectivity index is 1.92. The first kappa shape index (κ1) is 11.7. The van der Waals surface area contributed by atoms with Gasteiger partial charge in [0.1, 0.15) is 18.1 Å². The van der Waals surface area contributed by atoms with Crippen LogP contribution in [0.4, 0.5) is 0 Å². The molecule has 0 radical (unpaired) electrons. The average molecular weight is 231 g/mol. The van der Waals surface area contributed by atoms with Gasteiger partial charge in [-0.05, 0) is 30.2 Å². The summed E-state index contributed by atoms with van der Waals surface area (Å²) in [4.78, 5) is 0. The number of benzene rings is 1. The molecule has 2 rings (SSSR count). The summed E-state index contributed by atoms with van der Waals surface area (Å²) < 4.78 is 10.9. The van der Waals surface area contributed by atoms with Crippen LogP contribution in [0.2, 0.25) is 0 Å². The van der Waals surface area contributed by atoms with E-state index < -0.39 is 0 Å². The molecule has 0 fully saturated rings. The third-order valence-corrected chi connectivity index (χ3v) is 2.66. The first-order chi connectivity index (χ1) is 8.31. The molecular formula is C14H17NO2. The van der Waals surface area contributed by atoms with Gasteiger partial charge in [-0.2, -0.15) is 0 Å². The number of ether oxygens (including phenoxy) is 1. The Bertz CT molecular complexity index is 459. The van der Waals surface area contributed by atoms with Gasteiger partial charge < -0.3 is 14.9 Å². The minimum Gasteiger partial charge on any atom is -0.486 e. The fraction of sp³-hybridized carbons (Fsp3) is 0.286. The van der Waals surface area contributed by atoms with Crippen molar-refractivity contribution in [2.75, 3.05) is 0 Å². The molecule has 1 heterocycles. The van der Waals surface area contributed by atoms with Gasteiger partial charge in [-0.1, -0.05) is 19.1 Å². The van der Waals surface area contributed by atoms with Crippen molar-refractivity contribution in [1.29, 1.82) is 0 Å². The number of nitrogens with two attached hydrogens (primary N) is 1. The largest absolute Gasteiger partial charge is 0.486 e. The predicted octanol–water partition coefficient (Wildman–Crippen LogP) is 2.88. The lowest BCUT2D eigenvalue weighted by atomic mass is 10.2. The maximum absolute atomic E-state index is 5.61. The number of furan rings is 1. The van der Waals surface area contributed by atoms with E-state index in [1.54, 1.807) is 6.26 Å². The molecular weight excluding hydrogens is 214 g/mol. The molecule has 2 N–H and O–H groups in total. The summed E-state index contributed by atoms with van der Waals surface area (Å²) in [7, 11) is 0. The van der Waals surface area contributed by atoms with Gasteiger partial charge in [0.15, 0.2) is 0 Å². The molecule has 3 heteroatoms.